The Morgan fingerprint density at radius 3 is 2.66 bits per heavy atom. The SMILES string of the molecule is CCCCOn1c(=O)n(-c2ccc(C[C@H](CC)C(=O)NO)cc2)c2ncccc21. The summed E-state index contributed by atoms with van der Waals surface area (Å²) < 4.78 is 2.81. The smallest absolute Gasteiger partial charge is 0.368 e. The van der Waals surface area contributed by atoms with Gasteiger partial charge in [0.25, 0.3) is 0 Å². The molecule has 0 spiro atoms. The molecular formula is C21H26N4O4. The molecule has 3 rings (SSSR count). The first kappa shape index (κ1) is 20.6. The van der Waals surface area contributed by atoms with Crippen LogP contribution in [0.15, 0.2) is 47.4 Å². The minimum absolute atomic E-state index is 0.311. The first-order chi connectivity index (χ1) is 14.1. The Balaban J connectivity index is 1.93. The van der Waals surface area contributed by atoms with E-state index in [9.17, 15) is 9.59 Å². The molecule has 29 heavy (non-hydrogen) atoms. The minimum Gasteiger partial charge on any atom is -0.409 e. The van der Waals surface area contributed by atoms with Gasteiger partial charge in [0.15, 0.2) is 5.65 Å². The molecule has 0 bridgehead atoms. The number of fused-ring (bicyclic) bond motifs is 1. The number of amides is 1. The molecule has 3 aromatic rings. The standard InChI is InChI=1S/C21H26N4O4/c1-3-5-13-29-25-18-7-6-12-22-19(18)24(21(25)27)17-10-8-15(9-11-17)14-16(4-2)20(26)23-28/h6-12,16,28H,3-5,13-14H2,1-2H3,(H,23,26)/t16-/m0/s1. The van der Waals surface area contributed by atoms with Crippen molar-refractivity contribution in [2.75, 3.05) is 6.61 Å². The summed E-state index contributed by atoms with van der Waals surface area (Å²) in [6.07, 6.45) is 4.58. The third kappa shape index (κ3) is 4.32. The first-order valence-corrected chi connectivity index (χ1v) is 9.85. The highest BCUT2D eigenvalue weighted by Crippen LogP contribution is 2.18. The number of carbonyl (C=O) groups is 1. The molecule has 0 aliphatic heterocycles. The molecule has 1 amide bonds. The Morgan fingerprint density at radius 1 is 1.24 bits per heavy atom. The van der Waals surface area contributed by atoms with Crippen LogP contribution in [0.4, 0.5) is 0 Å². The van der Waals surface area contributed by atoms with Crippen LogP contribution < -0.4 is 16.0 Å². The van der Waals surface area contributed by atoms with Crippen LogP contribution in [0.2, 0.25) is 0 Å². The molecule has 0 unspecified atom stereocenters. The molecule has 8 heteroatoms. The van der Waals surface area contributed by atoms with Gasteiger partial charge in [0.1, 0.15) is 12.1 Å². The van der Waals surface area contributed by atoms with Gasteiger partial charge in [0.2, 0.25) is 5.91 Å². The highest BCUT2D eigenvalue weighted by molar-refractivity contribution is 5.77. The van der Waals surface area contributed by atoms with Crippen molar-refractivity contribution in [2.45, 2.75) is 39.5 Å². The van der Waals surface area contributed by atoms with E-state index in [0.717, 1.165) is 18.4 Å². The fraction of sp³-hybridized carbons (Fsp3) is 0.381. The molecule has 0 radical (unpaired) electrons. The Morgan fingerprint density at radius 2 is 2.00 bits per heavy atom. The van der Waals surface area contributed by atoms with E-state index in [1.807, 2.05) is 31.2 Å². The second-order valence-electron chi connectivity index (χ2n) is 6.90. The Kier molecular flexibility index (Phi) is 6.66. The number of benzene rings is 1. The van der Waals surface area contributed by atoms with E-state index >= 15 is 0 Å². The molecule has 154 valence electrons. The average Bonchev–Trinajstić information content (AvgIpc) is 3.03. The Labute approximate surface area is 168 Å². The number of imidazole rings is 1. The maximum Gasteiger partial charge on any atom is 0.368 e. The number of unbranched alkanes of at least 4 members (excludes halogenated alkanes) is 1. The minimum atomic E-state index is -0.399. The fourth-order valence-electron chi connectivity index (χ4n) is 3.24. The molecule has 2 heterocycles. The van der Waals surface area contributed by atoms with Crippen LogP contribution in [0.3, 0.4) is 0 Å². The summed E-state index contributed by atoms with van der Waals surface area (Å²) in [7, 11) is 0. The summed E-state index contributed by atoms with van der Waals surface area (Å²) in [6, 6.07) is 11.0. The number of carbonyl (C=O) groups excluding carboxylic acids is 1. The summed E-state index contributed by atoms with van der Waals surface area (Å²) in [4.78, 5) is 34.8. The van der Waals surface area contributed by atoms with Crippen molar-refractivity contribution in [1.29, 1.82) is 0 Å². The van der Waals surface area contributed by atoms with Crippen LogP contribution in [0, 0.1) is 5.92 Å². The highest BCUT2D eigenvalue weighted by atomic mass is 16.7. The van der Waals surface area contributed by atoms with Crippen LogP contribution in [0.1, 0.15) is 38.7 Å². The number of hydrogen-bond acceptors (Lipinski definition) is 5. The van der Waals surface area contributed by atoms with Crippen molar-refractivity contribution in [1.82, 2.24) is 19.8 Å². The lowest BCUT2D eigenvalue weighted by atomic mass is 9.96. The quantitative estimate of drug-likeness (QED) is 0.328. The maximum absolute atomic E-state index is 13.0. The van der Waals surface area contributed by atoms with Crippen molar-refractivity contribution < 1.29 is 14.8 Å². The Hall–Kier alpha value is -3.13. The summed E-state index contributed by atoms with van der Waals surface area (Å²) in [5, 5.41) is 8.86. The average molecular weight is 398 g/mol. The maximum atomic E-state index is 13.0. The van der Waals surface area contributed by atoms with Crippen LogP contribution >= 0.6 is 0 Å². The lowest BCUT2D eigenvalue weighted by Gasteiger charge is -2.12. The number of aromatic nitrogens is 3. The second-order valence-corrected chi connectivity index (χ2v) is 6.90. The molecule has 0 saturated carbocycles. The summed E-state index contributed by atoms with van der Waals surface area (Å²) in [5.74, 6) is -0.714. The van der Waals surface area contributed by atoms with Gasteiger partial charge in [-0.2, -0.15) is 0 Å². The number of hydroxylamine groups is 1. The molecule has 8 nitrogen and oxygen atoms in total. The molecule has 0 saturated heterocycles. The molecule has 0 aliphatic rings. The summed E-state index contributed by atoms with van der Waals surface area (Å²) in [5.41, 5.74) is 4.14. The summed E-state index contributed by atoms with van der Waals surface area (Å²) in [6.45, 7) is 4.41. The number of pyridine rings is 1. The van der Waals surface area contributed by atoms with Crippen molar-refractivity contribution in [2.24, 2.45) is 5.92 Å². The van der Waals surface area contributed by atoms with Gasteiger partial charge in [-0.15, -0.1) is 4.73 Å². The van der Waals surface area contributed by atoms with Gasteiger partial charge >= 0.3 is 5.69 Å². The second kappa shape index (κ2) is 9.38. The van der Waals surface area contributed by atoms with Gasteiger partial charge in [-0.25, -0.2) is 19.8 Å². The Bertz CT molecular complexity index is 1020. The van der Waals surface area contributed by atoms with E-state index in [1.54, 1.807) is 23.8 Å². The zero-order chi connectivity index (χ0) is 20.8. The first-order valence-electron chi connectivity index (χ1n) is 9.85. The van der Waals surface area contributed by atoms with Crippen LogP contribution in [-0.2, 0) is 11.2 Å². The number of hydrogen-bond donors (Lipinski definition) is 2. The van der Waals surface area contributed by atoms with E-state index in [2.05, 4.69) is 11.9 Å². The van der Waals surface area contributed by atoms with Gasteiger partial charge in [0.05, 0.1) is 5.69 Å². The van der Waals surface area contributed by atoms with Crippen LogP contribution in [0.5, 0.6) is 0 Å². The monoisotopic (exact) mass is 398 g/mol. The predicted molar refractivity (Wildman–Crippen MR) is 109 cm³/mol. The largest absolute Gasteiger partial charge is 0.409 e. The van der Waals surface area contributed by atoms with Gasteiger partial charge < -0.3 is 4.84 Å². The van der Waals surface area contributed by atoms with Crippen molar-refractivity contribution in [3.8, 4) is 5.69 Å². The zero-order valence-corrected chi connectivity index (χ0v) is 16.7. The normalized spacial score (nSPS) is 12.1. The van der Waals surface area contributed by atoms with Crippen molar-refractivity contribution in [3.63, 3.8) is 0 Å². The molecular weight excluding hydrogens is 372 g/mol. The number of nitrogens with zero attached hydrogens (tertiary/aromatic N) is 3. The molecule has 2 aromatic heterocycles. The number of nitrogens with one attached hydrogen (secondary N) is 1. The van der Waals surface area contributed by atoms with E-state index in [-0.39, 0.29) is 11.6 Å². The van der Waals surface area contributed by atoms with E-state index in [4.69, 9.17) is 10.0 Å². The number of rotatable bonds is 9. The van der Waals surface area contributed by atoms with Gasteiger partial charge in [0, 0.05) is 12.1 Å². The molecule has 1 atom stereocenters. The van der Waals surface area contributed by atoms with E-state index in [0.29, 0.717) is 36.3 Å². The van der Waals surface area contributed by atoms with E-state index in [1.165, 1.54) is 9.30 Å². The van der Waals surface area contributed by atoms with Crippen molar-refractivity contribution in [3.05, 3.63) is 58.6 Å². The topological polar surface area (TPSA) is 98.4 Å². The van der Waals surface area contributed by atoms with Crippen LogP contribution in [-0.4, -0.2) is 32.0 Å². The van der Waals surface area contributed by atoms with Crippen LogP contribution in [0.25, 0.3) is 16.9 Å². The third-order valence-electron chi connectivity index (χ3n) is 4.93. The van der Waals surface area contributed by atoms with Gasteiger partial charge in [-0.1, -0.05) is 32.4 Å². The van der Waals surface area contributed by atoms with Gasteiger partial charge in [-0.05, 0) is 49.1 Å². The zero-order valence-electron chi connectivity index (χ0n) is 16.7. The molecule has 1 aromatic carbocycles. The fourth-order valence-corrected chi connectivity index (χ4v) is 3.24. The summed E-state index contributed by atoms with van der Waals surface area (Å²) >= 11 is 0. The van der Waals surface area contributed by atoms with E-state index < -0.39 is 5.91 Å². The molecule has 2 N–H and O–H groups in total. The molecule has 0 fully saturated rings. The third-order valence-corrected chi connectivity index (χ3v) is 4.93. The molecule has 0 aliphatic carbocycles. The highest BCUT2D eigenvalue weighted by Gasteiger charge is 2.18. The lowest BCUT2D eigenvalue weighted by molar-refractivity contribution is -0.133. The van der Waals surface area contributed by atoms with Crippen molar-refractivity contribution >= 4 is 17.1 Å². The van der Waals surface area contributed by atoms with Gasteiger partial charge in [-0.3, -0.25) is 10.0 Å². The predicted octanol–water partition coefficient (Wildman–Crippen LogP) is 2.49. The lowest BCUT2D eigenvalue weighted by Crippen LogP contribution is -2.29.